The fourth-order valence-electron chi connectivity index (χ4n) is 3.20. The van der Waals surface area contributed by atoms with E-state index in [-0.39, 0.29) is 13.2 Å². The molecule has 0 radical (unpaired) electrons. The van der Waals surface area contributed by atoms with E-state index >= 15 is 0 Å². The van der Waals surface area contributed by atoms with Crippen molar-refractivity contribution in [1.82, 2.24) is 0 Å². The van der Waals surface area contributed by atoms with Crippen molar-refractivity contribution in [3.05, 3.63) is 41.5 Å². The number of carbonyl (C=O) groups is 2. The van der Waals surface area contributed by atoms with Gasteiger partial charge in [-0.1, -0.05) is 62.6 Å². The van der Waals surface area contributed by atoms with Crippen LogP contribution < -0.4 is 0 Å². The Morgan fingerprint density at radius 3 is 2.00 bits per heavy atom. The molecule has 1 saturated heterocycles. The second-order valence-electron chi connectivity index (χ2n) is 6.89. The Hall–Kier alpha value is -2.18. The molecule has 1 aliphatic rings. The quantitative estimate of drug-likeness (QED) is 0.405. The second kappa shape index (κ2) is 12.4. The Morgan fingerprint density at radius 1 is 0.897 bits per heavy atom. The molecule has 2 atom stereocenters. The zero-order valence-corrected chi connectivity index (χ0v) is 17.6. The largest absolute Gasteiger partial charge is 0.464 e. The molecule has 1 aromatic carbocycles. The van der Waals surface area contributed by atoms with Gasteiger partial charge in [0.25, 0.3) is 0 Å². The van der Waals surface area contributed by atoms with Crippen LogP contribution in [0.4, 0.5) is 0 Å². The summed E-state index contributed by atoms with van der Waals surface area (Å²) in [7, 11) is 0. The Bertz CT molecular complexity index is 643. The highest BCUT2D eigenvalue weighted by atomic mass is 16.8. The van der Waals surface area contributed by atoms with Crippen LogP contribution in [0, 0.1) is 0 Å². The average Bonchev–Trinajstić information content (AvgIpc) is 3.17. The predicted molar refractivity (Wildman–Crippen MR) is 110 cm³/mol. The van der Waals surface area contributed by atoms with Gasteiger partial charge in [0, 0.05) is 0 Å². The summed E-state index contributed by atoms with van der Waals surface area (Å²) in [5.41, 5.74) is 1.91. The molecule has 0 aromatic heterocycles. The molecule has 0 unspecified atom stereocenters. The van der Waals surface area contributed by atoms with Gasteiger partial charge in [0.05, 0.1) is 13.2 Å². The molecule has 1 aromatic rings. The first-order valence-electron chi connectivity index (χ1n) is 10.5. The zero-order valence-electron chi connectivity index (χ0n) is 17.6. The molecular weight excluding hydrogens is 372 g/mol. The first-order valence-corrected chi connectivity index (χ1v) is 10.5. The summed E-state index contributed by atoms with van der Waals surface area (Å²) in [5.74, 6) is -1.23. The summed E-state index contributed by atoms with van der Waals surface area (Å²) in [5, 5.41) is 0. The Morgan fingerprint density at radius 2 is 1.48 bits per heavy atom. The van der Waals surface area contributed by atoms with E-state index < -0.39 is 30.4 Å². The van der Waals surface area contributed by atoms with Crippen LogP contribution >= 0.6 is 0 Å². The van der Waals surface area contributed by atoms with Gasteiger partial charge >= 0.3 is 11.9 Å². The van der Waals surface area contributed by atoms with Crippen molar-refractivity contribution in [1.29, 1.82) is 0 Å². The fourth-order valence-corrected chi connectivity index (χ4v) is 3.20. The first-order chi connectivity index (χ1) is 14.1. The summed E-state index contributed by atoms with van der Waals surface area (Å²) in [4.78, 5) is 24.7. The standard InChI is InChI=1S/C23H32O6/c1-4-7-8-12-15-18(16-17-13-10-9-11-14-17)23-28-19(21(24)26-5-2)20(29-23)22(25)27-6-3/h9-11,13-14,16,19-20,23H,4-8,12,15H2,1-3H3/t19-,20-/m1/s1. The number of carbonyl (C=O) groups excluding carboxylic acids is 2. The third-order valence-electron chi connectivity index (χ3n) is 4.63. The number of rotatable bonds is 11. The number of hydrogen-bond donors (Lipinski definition) is 0. The van der Waals surface area contributed by atoms with E-state index in [1.165, 1.54) is 0 Å². The second-order valence-corrected chi connectivity index (χ2v) is 6.89. The lowest BCUT2D eigenvalue weighted by atomic mass is 10.0. The maximum atomic E-state index is 12.3. The molecule has 0 N–H and O–H groups in total. The summed E-state index contributed by atoms with van der Waals surface area (Å²) in [6.45, 7) is 5.97. The monoisotopic (exact) mass is 404 g/mol. The van der Waals surface area contributed by atoms with Crippen LogP contribution in [-0.2, 0) is 28.5 Å². The van der Waals surface area contributed by atoms with Crippen molar-refractivity contribution in [2.24, 2.45) is 0 Å². The highest BCUT2D eigenvalue weighted by molar-refractivity contribution is 5.86. The van der Waals surface area contributed by atoms with Crippen LogP contribution in [0.25, 0.3) is 6.08 Å². The maximum absolute atomic E-state index is 12.3. The third kappa shape index (κ3) is 6.98. The summed E-state index contributed by atoms with van der Waals surface area (Å²) >= 11 is 0. The van der Waals surface area contributed by atoms with Crippen molar-refractivity contribution in [3.63, 3.8) is 0 Å². The Kier molecular flexibility index (Phi) is 9.88. The fraction of sp³-hybridized carbons (Fsp3) is 0.565. The number of esters is 2. The van der Waals surface area contributed by atoms with Crippen molar-refractivity contribution in [3.8, 4) is 0 Å². The van der Waals surface area contributed by atoms with Crippen LogP contribution in [0.1, 0.15) is 58.4 Å². The van der Waals surface area contributed by atoms with E-state index in [2.05, 4.69) is 6.92 Å². The van der Waals surface area contributed by atoms with Gasteiger partial charge in [0.15, 0.2) is 18.5 Å². The predicted octanol–water partition coefficient (Wildman–Crippen LogP) is 4.28. The molecule has 6 nitrogen and oxygen atoms in total. The topological polar surface area (TPSA) is 71.1 Å². The molecule has 1 fully saturated rings. The van der Waals surface area contributed by atoms with Gasteiger partial charge < -0.3 is 18.9 Å². The van der Waals surface area contributed by atoms with Crippen molar-refractivity contribution in [2.75, 3.05) is 13.2 Å². The van der Waals surface area contributed by atoms with Crippen molar-refractivity contribution < 1.29 is 28.5 Å². The number of ether oxygens (including phenoxy) is 4. The molecule has 0 amide bonds. The highest BCUT2D eigenvalue weighted by Gasteiger charge is 2.47. The van der Waals surface area contributed by atoms with Gasteiger partial charge in [0.2, 0.25) is 0 Å². The smallest absolute Gasteiger partial charge is 0.338 e. The molecule has 0 saturated carbocycles. The van der Waals surface area contributed by atoms with E-state index in [1.807, 2.05) is 36.4 Å². The van der Waals surface area contributed by atoms with Crippen LogP contribution in [0.2, 0.25) is 0 Å². The molecule has 2 rings (SSSR count). The highest BCUT2D eigenvalue weighted by Crippen LogP contribution is 2.30. The van der Waals surface area contributed by atoms with Crippen molar-refractivity contribution in [2.45, 2.75) is 71.4 Å². The molecule has 1 aliphatic heterocycles. The Labute approximate surface area is 173 Å². The van der Waals surface area contributed by atoms with Gasteiger partial charge in [-0.15, -0.1) is 0 Å². The van der Waals surface area contributed by atoms with E-state index in [0.29, 0.717) is 0 Å². The first kappa shape index (κ1) is 23.1. The van der Waals surface area contributed by atoms with E-state index in [0.717, 1.165) is 43.2 Å². The van der Waals surface area contributed by atoms with Gasteiger partial charge in [-0.25, -0.2) is 9.59 Å². The maximum Gasteiger partial charge on any atom is 0.338 e. The third-order valence-corrected chi connectivity index (χ3v) is 4.63. The molecular formula is C23H32O6. The normalized spacial score (nSPS) is 19.9. The summed E-state index contributed by atoms with van der Waals surface area (Å²) in [6, 6.07) is 9.85. The van der Waals surface area contributed by atoms with Gasteiger partial charge in [0.1, 0.15) is 0 Å². The van der Waals surface area contributed by atoms with E-state index in [4.69, 9.17) is 18.9 Å². The number of unbranched alkanes of at least 4 members (excludes halogenated alkanes) is 3. The minimum absolute atomic E-state index is 0.197. The van der Waals surface area contributed by atoms with Gasteiger partial charge in [-0.2, -0.15) is 0 Å². The van der Waals surface area contributed by atoms with Crippen molar-refractivity contribution >= 4 is 18.0 Å². The molecule has 0 aliphatic carbocycles. The van der Waals surface area contributed by atoms with E-state index in [9.17, 15) is 9.59 Å². The average molecular weight is 405 g/mol. The van der Waals surface area contributed by atoms with Crippen LogP contribution in [0.5, 0.6) is 0 Å². The van der Waals surface area contributed by atoms with Crippen LogP contribution in [0.3, 0.4) is 0 Å². The zero-order chi connectivity index (χ0) is 21.1. The lowest BCUT2D eigenvalue weighted by molar-refractivity contribution is -0.163. The van der Waals surface area contributed by atoms with Crippen LogP contribution in [0.15, 0.2) is 35.9 Å². The molecule has 1 heterocycles. The summed E-state index contributed by atoms with van der Waals surface area (Å²) < 4.78 is 21.9. The van der Waals surface area contributed by atoms with E-state index in [1.54, 1.807) is 13.8 Å². The number of hydrogen-bond acceptors (Lipinski definition) is 6. The molecule has 6 heteroatoms. The molecule has 0 bridgehead atoms. The lowest BCUT2D eigenvalue weighted by Crippen LogP contribution is -2.39. The lowest BCUT2D eigenvalue weighted by Gasteiger charge is -2.15. The number of benzene rings is 1. The molecule has 0 spiro atoms. The molecule has 29 heavy (non-hydrogen) atoms. The minimum Gasteiger partial charge on any atom is -0.464 e. The SMILES string of the molecule is CCCCCCC(=Cc1ccccc1)C1O[C@@H](C(=O)OCC)[C@H](C(=O)OCC)O1. The van der Waals surface area contributed by atoms with Crippen LogP contribution in [-0.4, -0.2) is 43.7 Å². The minimum atomic E-state index is -1.13. The summed E-state index contributed by atoms with van der Waals surface area (Å²) in [6.07, 6.45) is 4.08. The van der Waals surface area contributed by atoms with Gasteiger partial charge in [-0.05, 0) is 37.8 Å². The Balaban J connectivity index is 2.22. The van der Waals surface area contributed by atoms with Gasteiger partial charge in [-0.3, -0.25) is 0 Å². The molecule has 160 valence electrons.